The number of halogens is 2. The van der Waals surface area contributed by atoms with E-state index in [-0.39, 0.29) is 11.9 Å². The van der Waals surface area contributed by atoms with Crippen LogP contribution in [0.15, 0.2) is 52.6 Å². The predicted molar refractivity (Wildman–Crippen MR) is 117 cm³/mol. The molecule has 1 amide bonds. The molecule has 1 aliphatic carbocycles. The number of rotatable bonds is 3. The van der Waals surface area contributed by atoms with Gasteiger partial charge in [0.25, 0.3) is 5.91 Å². The van der Waals surface area contributed by atoms with Gasteiger partial charge in [-0.15, -0.1) is 0 Å². The summed E-state index contributed by atoms with van der Waals surface area (Å²) in [5, 5.41) is 1.74. The van der Waals surface area contributed by atoms with Gasteiger partial charge in [0.1, 0.15) is 0 Å². The zero-order chi connectivity index (χ0) is 19.5. The van der Waals surface area contributed by atoms with E-state index in [0.29, 0.717) is 25.7 Å². The second-order valence-corrected chi connectivity index (χ2v) is 8.64. The Labute approximate surface area is 178 Å². The van der Waals surface area contributed by atoms with E-state index in [1.54, 1.807) is 36.7 Å². The number of carbonyl (C=O) groups is 1. The monoisotopic (exact) mass is 431 g/mol. The van der Waals surface area contributed by atoms with Crippen molar-refractivity contribution >= 4 is 57.8 Å². The Balaban J connectivity index is 1.73. The van der Waals surface area contributed by atoms with Crippen molar-refractivity contribution in [3.05, 3.63) is 63.2 Å². The van der Waals surface area contributed by atoms with Crippen molar-refractivity contribution < 1.29 is 4.79 Å². The molecule has 1 saturated carbocycles. The molecular weight excluding hydrogens is 413 g/mol. The fourth-order valence-corrected chi connectivity index (χ4v) is 5.08. The molecule has 7 heteroatoms. The van der Waals surface area contributed by atoms with Crippen LogP contribution in [-0.2, 0) is 4.79 Å². The van der Waals surface area contributed by atoms with Crippen LogP contribution in [0.3, 0.4) is 0 Å². The second kappa shape index (κ2) is 8.68. The van der Waals surface area contributed by atoms with Crippen molar-refractivity contribution in [1.82, 2.24) is 9.88 Å². The molecule has 2 heterocycles. The topological polar surface area (TPSA) is 45.6 Å². The highest BCUT2D eigenvalue weighted by Gasteiger charge is 2.38. The lowest BCUT2D eigenvalue weighted by Gasteiger charge is -2.30. The number of pyridine rings is 1. The third-order valence-electron chi connectivity index (χ3n) is 4.92. The van der Waals surface area contributed by atoms with Gasteiger partial charge in [0.15, 0.2) is 5.17 Å². The average Bonchev–Trinajstić information content (AvgIpc) is 3.01. The van der Waals surface area contributed by atoms with E-state index in [4.69, 9.17) is 28.2 Å². The van der Waals surface area contributed by atoms with Crippen LogP contribution < -0.4 is 0 Å². The first-order valence-electron chi connectivity index (χ1n) is 9.29. The van der Waals surface area contributed by atoms with Crippen molar-refractivity contribution in [2.75, 3.05) is 0 Å². The highest BCUT2D eigenvalue weighted by molar-refractivity contribution is 8.18. The van der Waals surface area contributed by atoms with Crippen molar-refractivity contribution in [3.8, 4) is 0 Å². The number of amidine groups is 1. The van der Waals surface area contributed by atoms with E-state index in [1.165, 1.54) is 18.2 Å². The number of hydrogen-bond donors (Lipinski definition) is 0. The van der Waals surface area contributed by atoms with Gasteiger partial charge in [-0.3, -0.25) is 14.7 Å². The Hall–Kier alpha value is -1.82. The van der Waals surface area contributed by atoms with Crippen LogP contribution >= 0.6 is 35.0 Å². The van der Waals surface area contributed by atoms with Crippen LogP contribution in [0.25, 0.3) is 6.08 Å². The number of benzene rings is 1. The number of amides is 1. The molecule has 2 fully saturated rings. The first kappa shape index (κ1) is 19.5. The number of hydrogen-bond acceptors (Lipinski definition) is 4. The minimum atomic E-state index is -0.0319. The maximum Gasteiger partial charge on any atom is 0.267 e. The number of nitrogens with zero attached hydrogens (tertiary/aromatic N) is 3. The van der Waals surface area contributed by atoms with Crippen LogP contribution in [0.5, 0.6) is 0 Å². The number of aliphatic imine (C=N–C) groups is 1. The van der Waals surface area contributed by atoms with Crippen molar-refractivity contribution in [2.24, 2.45) is 4.99 Å². The zero-order valence-corrected chi connectivity index (χ0v) is 17.5. The average molecular weight is 432 g/mol. The molecule has 1 aromatic carbocycles. The number of aromatic nitrogens is 1. The summed E-state index contributed by atoms with van der Waals surface area (Å²) in [5.74, 6) is -0.0319. The molecule has 0 atom stereocenters. The van der Waals surface area contributed by atoms with Crippen LogP contribution in [-0.4, -0.2) is 27.0 Å². The normalized spacial score (nSPS) is 21.1. The summed E-state index contributed by atoms with van der Waals surface area (Å²) in [6.07, 6.45) is 10.7. The summed E-state index contributed by atoms with van der Waals surface area (Å²) < 4.78 is 0. The van der Waals surface area contributed by atoms with Crippen LogP contribution in [0, 0.1) is 0 Å². The number of carbonyl (C=O) groups excluding carboxylic acids is 1. The second-order valence-electron chi connectivity index (χ2n) is 6.82. The molecule has 0 bridgehead atoms. The van der Waals surface area contributed by atoms with Gasteiger partial charge in [0.2, 0.25) is 0 Å². The van der Waals surface area contributed by atoms with Gasteiger partial charge in [-0.2, -0.15) is 0 Å². The van der Waals surface area contributed by atoms with Crippen LogP contribution in [0.2, 0.25) is 10.0 Å². The van der Waals surface area contributed by atoms with Crippen LogP contribution in [0.4, 0.5) is 5.69 Å². The Morgan fingerprint density at radius 2 is 1.86 bits per heavy atom. The SMILES string of the molecule is O=C1/C(=C/c2c(Cl)cccc2Cl)SC(=Nc2cccnc2)N1C1CCCCC1. The highest BCUT2D eigenvalue weighted by Crippen LogP contribution is 2.39. The van der Waals surface area contributed by atoms with Gasteiger partial charge >= 0.3 is 0 Å². The minimum absolute atomic E-state index is 0.0319. The third kappa shape index (κ3) is 4.12. The number of thioether (sulfide) groups is 1. The molecule has 28 heavy (non-hydrogen) atoms. The summed E-state index contributed by atoms with van der Waals surface area (Å²) in [6, 6.07) is 9.24. The van der Waals surface area contributed by atoms with Crippen molar-refractivity contribution in [3.63, 3.8) is 0 Å². The Morgan fingerprint density at radius 1 is 1.11 bits per heavy atom. The Bertz CT molecular complexity index is 920. The molecule has 1 saturated heterocycles. The summed E-state index contributed by atoms with van der Waals surface area (Å²) >= 11 is 14.0. The highest BCUT2D eigenvalue weighted by atomic mass is 35.5. The van der Waals surface area contributed by atoms with E-state index in [1.807, 2.05) is 17.0 Å². The molecule has 0 radical (unpaired) electrons. The molecular formula is C21H19Cl2N3OS. The molecule has 2 aromatic rings. The van der Waals surface area contributed by atoms with E-state index in [9.17, 15) is 4.79 Å². The summed E-state index contributed by atoms with van der Waals surface area (Å²) in [7, 11) is 0. The molecule has 0 N–H and O–H groups in total. The lowest BCUT2D eigenvalue weighted by Crippen LogP contribution is -2.40. The maximum atomic E-state index is 13.3. The van der Waals surface area contributed by atoms with Gasteiger partial charge < -0.3 is 0 Å². The molecule has 1 aromatic heterocycles. The largest absolute Gasteiger partial charge is 0.283 e. The lowest BCUT2D eigenvalue weighted by molar-refractivity contribution is -0.124. The molecule has 0 spiro atoms. The third-order valence-corrected chi connectivity index (χ3v) is 6.56. The molecule has 2 aliphatic rings. The fourth-order valence-electron chi connectivity index (χ4n) is 3.54. The van der Waals surface area contributed by atoms with Crippen LogP contribution in [0.1, 0.15) is 37.7 Å². The molecule has 0 unspecified atom stereocenters. The molecule has 144 valence electrons. The lowest BCUT2D eigenvalue weighted by atomic mass is 9.94. The molecule has 4 nitrogen and oxygen atoms in total. The maximum absolute atomic E-state index is 13.3. The van der Waals surface area contributed by atoms with E-state index in [2.05, 4.69) is 4.98 Å². The summed E-state index contributed by atoms with van der Waals surface area (Å²) in [6.45, 7) is 0. The summed E-state index contributed by atoms with van der Waals surface area (Å²) in [5.41, 5.74) is 1.39. The first-order chi connectivity index (χ1) is 13.6. The Kier molecular flexibility index (Phi) is 6.04. The van der Waals surface area contributed by atoms with Gasteiger partial charge in [-0.25, -0.2) is 4.99 Å². The molecule has 1 aliphatic heterocycles. The fraction of sp³-hybridized carbons (Fsp3) is 0.286. The van der Waals surface area contributed by atoms with Gasteiger partial charge in [-0.05, 0) is 54.9 Å². The van der Waals surface area contributed by atoms with Gasteiger partial charge in [0, 0.05) is 27.8 Å². The van der Waals surface area contributed by atoms with Crippen molar-refractivity contribution in [1.29, 1.82) is 0 Å². The minimum Gasteiger partial charge on any atom is -0.283 e. The summed E-state index contributed by atoms with van der Waals surface area (Å²) in [4.78, 5) is 24.6. The predicted octanol–water partition coefficient (Wildman–Crippen LogP) is 6.33. The molecule has 4 rings (SSSR count). The first-order valence-corrected chi connectivity index (χ1v) is 10.9. The standard InChI is InChI=1S/C21H19Cl2N3OS/c22-17-9-4-10-18(23)16(17)12-19-20(27)26(15-7-2-1-3-8-15)21(28-19)25-14-6-5-11-24-13-14/h4-6,9-13,15H,1-3,7-8H2/b19-12-,25-21?. The van der Waals surface area contributed by atoms with Gasteiger partial charge in [-0.1, -0.05) is 48.5 Å². The quantitative estimate of drug-likeness (QED) is 0.533. The Morgan fingerprint density at radius 3 is 2.54 bits per heavy atom. The van der Waals surface area contributed by atoms with E-state index < -0.39 is 0 Å². The van der Waals surface area contributed by atoms with E-state index >= 15 is 0 Å². The van der Waals surface area contributed by atoms with E-state index in [0.717, 1.165) is 31.4 Å². The van der Waals surface area contributed by atoms with Crippen molar-refractivity contribution in [2.45, 2.75) is 38.1 Å². The zero-order valence-electron chi connectivity index (χ0n) is 15.1. The van der Waals surface area contributed by atoms with Gasteiger partial charge in [0.05, 0.1) is 16.8 Å². The smallest absolute Gasteiger partial charge is 0.267 e.